The van der Waals surface area contributed by atoms with Crippen LogP contribution >= 0.6 is 0 Å². The molecule has 2 saturated carbocycles. The molecule has 0 heterocycles. The molecule has 1 aromatic rings. The zero-order chi connectivity index (χ0) is 20.1. The summed E-state index contributed by atoms with van der Waals surface area (Å²) in [5.41, 5.74) is 4.36. The quantitative estimate of drug-likeness (QED) is 0.502. The first kappa shape index (κ1) is 20.0. The van der Waals surface area contributed by atoms with E-state index >= 15 is 0 Å². The summed E-state index contributed by atoms with van der Waals surface area (Å²) in [5, 5.41) is 4.43. The van der Waals surface area contributed by atoms with E-state index in [1.165, 1.54) is 24.1 Å². The Morgan fingerprint density at radius 1 is 1.14 bits per heavy atom. The maximum Gasteiger partial charge on any atom is 0.242 e. The van der Waals surface area contributed by atoms with Crippen LogP contribution in [0.1, 0.15) is 49.7 Å². The molecule has 0 saturated heterocycles. The van der Waals surface area contributed by atoms with Crippen molar-refractivity contribution in [3.63, 3.8) is 0 Å². The fraction of sp³-hybridized carbons (Fsp3) is 0.696. The van der Waals surface area contributed by atoms with Gasteiger partial charge in [0.1, 0.15) is 12.9 Å². The van der Waals surface area contributed by atoms with Gasteiger partial charge in [0.05, 0.1) is 11.8 Å². The van der Waals surface area contributed by atoms with Crippen molar-refractivity contribution in [1.29, 1.82) is 0 Å². The fourth-order valence-corrected chi connectivity index (χ4v) is 7.11. The number of rotatable bonds is 4. The minimum absolute atomic E-state index is 0.107. The lowest BCUT2D eigenvalue weighted by atomic mass is 9.55. The summed E-state index contributed by atoms with van der Waals surface area (Å²) in [7, 11) is 1.95. The maximum absolute atomic E-state index is 6.25. The predicted molar refractivity (Wildman–Crippen MR) is 116 cm³/mol. The standard InChI is InChI=1S/C23H35NO3Si/c1-23-12-11-18-17-10-8-16(27-28(4,5)6)13-15(17)7-9-19(18)22(23)20(25-2)14-21(23)24-26-3/h8,10,13,18-20,22H,7,9,11-12,14H2,1-6H3/b24-21-/t18-,19-,20-,22-,23-/m1/s1. The Bertz CT molecular complexity index is 772. The predicted octanol–water partition coefficient (Wildman–Crippen LogP) is 5.38. The van der Waals surface area contributed by atoms with Crippen molar-refractivity contribution in [2.75, 3.05) is 14.2 Å². The molecule has 0 amide bonds. The van der Waals surface area contributed by atoms with Gasteiger partial charge in [-0.1, -0.05) is 18.1 Å². The Morgan fingerprint density at radius 2 is 1.93 bits per heavy atom. The first-order valence-corrected chi connectivity index (χ1v) is 14.1. The second-order valence-electron chi connectivity index (χ2n) is 10.1. The summed E-state index contributed by atoms with van der Waals surface area (Å²) < 4.78 is 12.2. The molecule has 5 heteroatoms. The second kappa shape index (κ2) is 7.17. The topological polar surface area (TPSA) is 40.0 Å². The third kappa shape index (κ3) is 3.30. The highest BCUT2D eigenvalue weighted by Gasteiger charge is 2.58. The molecule has 4 nitrogen and oxygen atoms in total. The van der Waals surface area contributed by atoms with Gasteiger partial charge in [-0.2, -0.15) is 0 Å². The van der Waals surface area contributed by atoms with Crippen LogP contribution in [0.15, 0.2) is 23.4 Å². The Hall–Kier alpha value is -1.33. The highest BCUT2D eigenvalue weighted by molar-refractivity contribution is 6.70. The Kier molecular flexibility index (Phi) is 5.11. The minimum atomic E-state index is -1.58. The highest BCUT2D eigenvalue weighted by atomic mass is 28.4. The molecule has 0 aromatic heterocycles. The summed E-state index contributed by atoms with van der Waals surface area (Å²) in [6.45, 7) is 9.13. The molecule has 2 fully saturated rings. The SMILES string of the molecule is CO/N=C1/C[C@@H](OC)[C@H]2[C@@H]3CCc4cc(O[Si](C)(C)C)ccc4[C@H]3CC[C@]12C. The first-order valence-electron chi connectivity index (χ1n) is 10.7. The Morgan fingerprint density at radius 3 is 2.61 bits per heavy atom. The van der Waals surface area contributed by atoms with Gasteiger partial charge in [-0.15, -0.1) is 0 Å². The van der Waals surface area contributed by atoms with Crippen LogP contribution < -0.4 is 4.43 Å². The smallest absolute Gasteiger partial charge is 0.242 e. The number of hydrogen-bond acceptors (Lipinski definition) is 4. The molecule has 3 aliphatic rings. The molecule has 0 radical (unpaired) electrons. The van der Waals surface area contributed by atoms with Gasteiger partial charge < -0.3 is 14.0 Å². The van der Waals surface area contributed by atoms with Gasteiger partial charge in [0.25, 0.3) is 0 Å². The zero-order valence-corrected chi connectivity index (χ0v) is 19.2. The van der Waals surface area contributed by atoms with E-state index in [2.05, 4.69) is 49.9 Å². The first-order chi connectivity index (χ1) is 13.3. The van der Waals surface area contributed by atoms with Gasteiger partial charge in [-0.3, -0.25) is 0 Å². The summed E-state index contributed by atoms with van der Waals surface area (Å²) in [6, 6.07) is 6.87. The van der Waals surface area contributed by atoms with Crippen LogP contribution in [-0.4, -0.2) is 34.4 Å². The van der Waals surface area contributed by atoms with Crippen LogP contribution in [0.3, 0.4) is 0 Å². The number of aryl methyl sites for hydroxylation is 1. The van der Waals surface area contributed by atoms with Crippen LogP contribution in [0.5, 0.6) is 5.75 Å². The molecule has 0 N–H and O–H groups in total. The van der Waals surface area contributed by atoms with Crippen LogP contribution in [0.25, 0.3) is 0 Å². The van der Waals surface area contributed by atoms with E-state index in [1.807, 2.05) is 7.11 Å². The third-order valence-corrected chi connectivity index (χ3v) is 8.18. The van der Waals surface area contributed by atoms with E-state index in [-0.39, 0.29) is 11.5 Å². The number of nitrogens with zero attached hydrogens (tertiary/aromatic N) is 1. The van der Waals surface area contributed by atoms with Crippen molar-refractivity contribution >= 4 is 14.0 Å². The molecular weight excluding hydrogens is 366 g/mol. The largest absolute Gasteiger partial charge is 0.544 e. The van der Waals surface area contributed by atoms with Crippen LogP contribution in [0, 0.1) is 17.3 Å². The van der Waals surface area contributed by atoms with Crippen molar-refractivity contribution in [3.8, 4) is 5.75 Å². The minimum Gasteiger partial charge on any atom is -0.544 e. The summed E-state index contributed by atoms with van der Waals surface area (Å²) in [4.78, 5) is 5.20. The van der Waals surface area contributed by atoms with Gasteiger partial charge in [0, 0.05) is 18.9 Å². The molecule has 0 spiro atoms. The number of benzene rings is 1. The van der Waals surface area contributed by atoms with Crippen LogP contribution in [-0.2, 0) is 16.0 Å². The highest BCUT2D eigenvalue weighted by Crippen LogP contribution is 2.60. The number of methoxy groups -OCH3 is 1. The average Bonchev–Trinajstić information content (AvgIpc) is 2.92. The molecule has 154 valence electrons. The zero-order valence-electron chi connectivity index (χ0n) is 18.2. The lowest BCUT2D eigenvalue weighted by molar-refractivity contribution is -0.0221. The van der Waals surface area contributed by atoms with Gasteiger partial charge in [0.2, 0.25) is 8.32 Å². The van der Waals surface area contributed by atoms with Crippen LogP contribution in [0.4, 0.5) is 0 Å². The van der Waals surface area contributed by atoms with Gasteiger partial charge in [-0.25, -0.2) is 0 Å². The van der Waals surface area contributed by atoms with E-state index in [4.69, 9.17) is 14.0 Å². The van der Waals surface area contributed by atoms with Gasteiger partial charge >= 0.3 is 0 Å². The molecule has 28 heavy (non-hydrogen) atoms. The Labute approximate surface area is 170 Å². The monoisotopic (exact) mass is 401 g/mol. The van der Waals surface area contributed by atoms with Gasteiger partial charge in [-0.05, 0) is 86.3 Å². The Balaban J connectivity index is 1.65. The van der Waals surface area contributed by atoms with E-state index < -0.39 is 8.32 Å². The number of ether oxygens (including phenoxy) is 1. The maximum atomic E-state index is 6.25. The molecule has 3 aliphatic carbocycles. The number of hydrogen-bond donors (Lipinski definition) is 0. The van der Waals surface area contributed by atoms with E-state index in [9.17, 15) is 0 Å². The lowest BCUT2D eigenvalue weighted by Crippen LogP contribution is -2.45. The molecule has 4 rings (SSSR count). The van der Waals surface area contributed by atoms with Gasteiger partial charge in [0.15, 0.2) is 0 Å². The molecule has 0 unspecified atom stereocenters. The third-order valence-electron chi connectivity index (χ3n) is 7.33. The van der Waals surface area contributed by atoms with Crippen molar-refractivity contribution in [2.45, 2.75) is 70.7 Å². The van der Waals surface area contributed by atoms with E-state index in [0.29, 0.717) is 17.8 Å². The second-order valence-corrected chi connectivity index (χ2v) is 14.5. The molecule has 0 aliphatic heterocycles. The van der Waals surface area contributed by atoms with Crippen molar-refractivity contribution < 1.29 is 14.0 Å². The average molecular weight is 402 g/mol. The molecular formula is C23H35NO3Si. The van der Waals surface area contributed by atoms with E-state index in [0.717, 1.165) is 25.0 Å². The summed E-state index contributed by atoms with van der Waals surface area (Å²) in [5.74, 6) is 2.87. The normalized spacial score (nSPS) is 35.9. The number of fused-ring (bicyclic) bond motifs is 5. The van der Waals surface area contributed by atoms with Crippen molar-refractivity contribution in [2.24, 2.45) is 22.4 Å². The fourth-order valence-electron chi connectivity index (χ4n) is 6.28. The van der Waals surface area contributed by atoms with E-state index in [1.54, 1.807) is 12.7 Å². The van der Waals surface area contributed by atoms with Crippen LogP contribution in [0.2, 0.25) is 19.6 Å². The lowest BCUT2D eigenvalue weighted by Gasteiger charge is -2.50. The number of oxime groups is 1. The van der Waals surface area contributed by atoms with Crippen molar-refractivity contribution in [3.05, 3.63) is 29.3 Å². The molecule has 0 bridgehead atoms. The molecule has 5 atom stereocenters. The summed E-state index contributed by atoms with van der Waals surface area (Å²) in [6.07, 6.45) is 5.91. The summed E-state index contributed by atoms with van der Waals surface area (Å²) >= 11 is 0. The molecule has 1 aromatic carbocycles. The van der Waals surface area contributed by atoms with Crippen molar-refractivity contribution in [1.82, 2.24) is 0 Å².